The van der Waals surface area contributed by atoms with Gasteiger partial charge in [0.05, 0.1) is 0 Å². The second kappa shape index (κ2) is 6.67. The highest BCUT2D eigenvalue weighted by Crippen LogP contribution is 2.26. The minimum absolute atomic E-state index is 0.122. The van der Waals surface area contributed by atoms with Crippen LogP contribution >= 0.6 is 0 Å². The molecule has 2 unspecified atom stereocenters. The van der Waals surface area contributed by atoms with Crippen molar-refractivity contribution >= 4 is 10.0 Å². The Hall–Kier alpha value is -1.25. The van der Waals surface area contributed by atoms with E-state index in [1.54, 1.807) is 0 Å². The summed E-state index contributed by atoms with van der Waals surface area (Å²) in [6, 6.07) is 5.16. The fraction of sp³-hybridized carbons (Fsp3) is 0.538. The molecule has 8 heteroatoms. The van der Waals surface area contributed by atoms with Crippen LogP contribution < -0.4 is 14.8 Å². The van der Waals surface area contributed by atoms with Crippen molar-refractivity contribution in [1.82, 2.24) is 10.0 Å². The minimum Gasteiger partial charge on any atom is -0.433 e. The van der Waals surface area contributed by atoms with Gasteiger partial charge in [-0.3, -0.25) is 0 Å². The zero-order valence-corrected chi connectivity index (χ0v) is 12.4. The van der Waals surface area contributed by atoms with Gasteiger partial charge < -0.3 is 10.1 Å². The summed E-state index contributed by atoms with van der Waals surface area (Å²) in [5.74, 6) is -0.224. The van der Waals surface area contributed by atoms with Crippen molar-refractivity contribution in [2.24, 2.45) is 5.92 Å². The van der Waals surface area contributed by atoms with E-state index < -0.39 is 16.6 Å². The van der Waals surface area contributed by atoms with E-state index in [1.807, 2.05) is 6.92 Å². The molecule has 1 aromatic rings. The zero-order chi connectivity index (χ0) is 15.5. The maximum atomic E-state index is 12.4. The highest BCUT2D eigenvalue weighted by atomic mass is 32.2. The van der Waals surface area contributed by atoms with Crippen LogP contribution in [0.1, 0.15) is 13.3 Å². The monoisotopic (exact) mass is 320 g/mol. The van der Waals surface area contributed by atoms with E-state index in [9.17, 15) is 17.2 Å². The van der Waals surface area contributed by atoms with E-state index in [0.29, 0.717) is 19.5 Å². The lowest BCUT2D eigenvalue weighted by Crippen LogP contribution is -2.48. The van der Waals surface area contributed by atoms with E-state index in [-0.39, 0.29) is 22.6 Å². The molecule has 0 aliphatic carbocycles. The predicted molar refractivity (Wildman–Crippen MR) is 73.8 cm³/mol. The molecule has 1 aliphatic rings. The van der Waals surface area contributed by atoms with Gasteiger partial charge in [0.25, 0.3) is 0 Å². The van der Waals surface area contributed by atoms with Crippen molar-refractivity contribution < 1.29 is 21.9 Å². The maximum absolute atomic E-state index is 12.4. The molecule has 0 saturated carbocycles. The summed E-state index contributed by atoms with van der Waals surface area (Å²) in [5, 5.41) is 3.17. The number of halogens is 2. The van der Waals surface area contributed by atoms with Gasteiger partial charge >= 0.3 is 6.61 Å². The van der Waals surface area contributed by atoms with Gasteiger partial charge in [-0.1, -0.05) is 19.1 Å². The standard InChI is InChI=1S/C13H18F2N2O3S/c1-9-8-16-7-6-10(9)17-21(18,19)12-5-3-2-4-11(12)20-13(14)15/h2-5,9-10,13,16-17H,6-8H2,1H3. The molecule has 1 fully saturated rings. The minimum atomic E-state index is -3.91. The summed E-state index contributed by atoms with van der Waals surface area (Å²) < 4.78 is 56.4. The number of benzene rings is 1. The molecule has 0 bridgehead atoms. The third-order valence-electron chi connectivity index (χ3n) is 3.45. The highest BCUT2D eigenvalue weighted by molar-refractivity contribution is 7.89. The van der Waals surface area contributed by atoms with Gasteiger partial charge in [0, 0.05) is 6.04 Å². The summed E-state index contributed by atoms with van der Waals surface area (Å²) in [6.45, 7) is 0.287. The molecule has 1 heterocycles. The van der Waals surface area contributed by atoms with E-state index in [0.717, 1.165) is 0 Å². The highest BCUT2D eigenvalue weighted by Gasteiger charge is 2.28. The van der Waals surface area contributed by atoms with E-state index in [4.69, 9.17) is 0 Å². The van der Waals surface area contributed by atoms with E-state index in [1.165, 1.54) is 24.3 Å². The fourth-order valence-corrected chi connectivity index (χ4v) is 3.83. The van der Waals surface area contributed by atoms with Crippen molar-refractivity contribution in [2.45, 2.75) is 30.9 Å². The Morgan fingerprint density at radius 2 is 2.10 bits per heavy atom. The SMILES string of the molecule is CC1CNCCC1NS(=O)(=O)c1ccccc1OC(F)F. The lowest BCUT2D eigenvalue weighted by atomic mass is 9.97. The number of ether oxygens (including phenoxy) is 1. The summed E-state index contributed by atoms with van der Waals surface area (Å²) in [7, 11) is -3.91. The van der Waals surface area contributed by atoms with Gasteiger partial charge in [0.1, 0.15) is 10.6 Å². The molecule has 0 radical (unpaired) electrons. The third-order valence-corrected chi connectivity index (χ3v) is 4.98. The molecule has 0 spiro atoms. The second-order valence-electron chi connectivity index (χ2n) is 5.02. The number of rotatable bonds is 5. The first-order valence-corrected chi connectivity index (χ1v) is 8.15. The Kier molecular flexibility index (Phi) is 5.13. The molecule has 1 aromatic carbocycles. The molecule has 21 heavy (non-hydrogen) atoms. The average molecular weight is 320 g/mol. The topological polar surface area (TPSA) is 67.4 Å². The molecule has 0 amide bonds. The van der Waals surface area contributed by atoms with Crippen LogP contribution in [-0.2, 0) is 10.0 Å². The average Bonchev–Trinajstić information content (AvgIpc) is 2.41. The van der Waals surface area contributed by atoms with E-state index in [2.05, 4.69) is 14.8 Å². The van der Waals surface area contributed by atoms with Crippen LogP contribution in [-0.4, -0.2) is 34.2 Å². The van der Waals surface area contributed by atoms with Crippen molar-refractivity contribution in [2.75, 3.05) is 13.1 Å². The Bertz CT molecular complexity index is 581. The molecule has 118 valence electrons. The first kappa shape index (κ1) is 16.1. The smallest absolute Gasteiger partial charge is 0.387 e. The summed E-state index contributed by atoms with van der Waals surface area (Å²) in [4.78, 5) is -0.268. The van der Waals surface area contributed by atoms with Gasteiger partial charge in [0.15, 0.2) is 0 Å². The number of para-hydroxylation sites is 1. The molecule has 1 saturated heterocycles. The predicted octanol–water partition coefficient (Wildman–Crippen LogP) is 1.56. The van der Waals surface area contributed by atoms with Crippen LogP contribution in [0.5, 0.6) is 5.75 Å². The maximum Gasteiger partial charge on any atom is 0.387 e. The fourth-order valence-electron chi connectivity index (χ4n) is 2.32. The number of piperidine rings is 1. The van der Waals surface area contributed by atoms with Crippen LogP contribution in [0.15, 0.2) is 29.2 Å². The Morgan fingerprint density at radius 3 is 2.76 bits per heavy atom. The molecule has 2 atom stereocenters. The van der Waals surface area contributed by atoms with Crippen molar-refractivity contribution in [3.8, 4) is 5.75 Å². The van der Waals surface area contributed by atoms with Gasteiger partial charge in [-0.05, 0) is 37.6 Å². The zero-order valence-electron chi connectivity index (χ0n) is 11.6. The van der Waals surface area contributed by atoms with Gasteiger partial charge in [0.2, 0.25) is 10.0 Å². The summed E-state index contributed by atoms with van der Waals surface area (Å²) in [5.41, 5.74) is 0. The van der Waals surface area contributed by atoms with Gasteiger partial charge in [-0.25, -0.2) is 13.1 Å². The molecule has 2 rings (SSSR count). The molecular formula is C13H18F2N2O3S. The number of alkyl halides is 2. The number of hydrogen-bond acceptors (Lipinski definition) is 4. The summed E-state index contributed by atoms with van der Waals surface area (Å²) in [6.07, 6.45) is 0.651. The van der Waals surface area contributed by atoms with Crippen molar-refractivity contribution in [1.29, 1.82) is 0 Å². The number of nitrogens with one attached hydrogen (secondary N) is 2. The quantitative estimate of drug-likeness (QED) is 0.864. The van der Waals surface area contributed by atoms with Crippen LogP contribution in [0.4, 0.5) is 8.78 Å². The number of hydrogen-bond donors (Lipinski definition) is 2. The molecule has 0 aromatic heterocycles. The Morgan fingerprint density at radius 1 is 1.38 bits per heavy atom. The van der Waals surface area contributed by atoms with E-state index >= 15 is 0 Å². The van der Waals surface area contributed by atoms with Crippen LogP contribution in [0, 0.1) is 5.92 Å². The van der Waals surface area contributed by atoms with Crippen LogP contribution in [0.2, 0.25) is 0 Å². The lowest BCUT2D eigenvalue weighted by Gasteiger charge is -2.30. The number of sulfonamides is 1. The largest absolute Gasteiger partial charge is 0.433 e. The lowest BCUT2D eigenvalue weighted by molar-refractivity contribution is -0.0517. The molecule has 2 N–H and O–H groups in total. The Balaban J connectivity index is 2.23. The normalized spacial score (nSPS) is 23.2. The third kappa shape index (κ3) is 4.12. The van der Waals surface area contributed by atoms with Gasteiger partial charge in [-0.2, -0.15) is 8.78 Å². The Labute approximate surface area is 122 Å². The van der Waals surface area contributed by atoms with Crippen molar-refractivity contribution in [3.05, 3.63) is 24.3 Å². The second-order valence-corrected chi connectivity index (χ2v) is 6.71. The first-order valence-electron chi connectivity index (χ1n) is 6.67. The van der Waals surface area contributed by atoms with Crippen molar-refractivity contribution in [3.63, 3.8) is 0 Å². The van der Waals surface area contributed by atoms with Crippen LogP contribution in [0.25, 0.3) is 0 Å². The molecular weight excluding hydrogens is 302 g/mol. The van der Waals surface area contributed by atoms with Crippen LogP contribution in [0.3, 0.4) is 0 Å². The first-order chi connectivity index (χ1) is 9.90. The molecule has 5 nitrogen and oxygen atoms in total. The molecule has 1 aliphatic heterocycles. The summed E-state index contributed by atoms with van der Waals surface area (Å²) >= 11 is 0. The van der Waals surface area contributed by atoms with Gasteiger partial charge in [-0.15, -0.1) is 0 Å².